The summed E-state index contributed by atoms with van der Waals surface area (Å²) in [6.45, 7) is 0. The van der Waals surface area contributed by atoms with Gasteiger partial charge in [0.1, 0.15) is 34.5 Å². The van der Waals surface area contributed by atoms with Crippen molar-refractivity contribution in [2.75, 3.05) is 0 Å². The number of hydrogen-bond acceptors (Lipinski definition) is 7. The number of aromatic nitrogens is 5. The molecule has 56 heavy (non-hydrogen) atoms. The smallest absolute Gasteiger partial charge is 0.180 e. The molecule has 0 fully saturated rings. The highest BCUT2D eigenvalue weighted by Crippen LogP contribution is 2.49. The van der Waals surface area contributed by atoms with E-state index in [4.69, 9.17) is 34.1 Å². The molecule has 3 atom stereocenters. The highest BCUT2D eigenvalue weighted by Gasteiger charge is 2.38. The molecule has 7 nitrogen and oxygen atoms in total. The van der Waals surface area contributed by atoms with Gasteiger partial charge in [-0.2, -0.15) is 0 Å². The van der Waals surface area contributed by atoms with Crippen LogP contribution in [0.25, 0.3) is 73.1 Å². The lowest BCUT2D eigenvalue weighted by Crippen LogP contribution is -2.19. The number of para-hydroxylation sites is 1. The summed E-state index contributed by atoms with van der Waals surface area (Å²) in [5, 5.41) is 0.988. The average molecular weight is 724 g/mol. The van der Waals surface area contributed by atoms with Crippen LogP contribution in [-0.4, -0.2) is 31.0 Å². The summed E-state index contributed by atoms with van der Waals surface area (Å²) < 4.78 is 13.1. The Morgan fingerprint density at radius 1 is 0.554 bits per heavy atom. The Bertz CT molecular complexity index is 2890. The third kappa shape index (κ3) is 5.55. The van der Waals surface area contributed by atoms with Gasteiger partial charge in [-0.3, -0.25) is 0 Å². The van der Waals surface area contributed by atoms with Gasteiger partial charge >= 0.3 is 0 Å². The first-order valence-electron chi connectivity index (χ1n) is 18.9. The Balaban J connectivity index is 1.01. The Hall–Kier alpha value is -7.25. The zero-order valence-corrected chi connectivity index (χ0v) is 30.2. The van der Waals surface area contributed by atoms with Crippen LogP contribution in [0, 0.1) is 0 Å². The minimum absolute atomic E-state index is 0.0411. The molecule has 1 aliphatic heterocycles. The fraction of sp³-hybridized carbons (Fsp3) is 0.0816. The van der Waals surface area contributed by atoms with Gasteiger partial charge in [-0.1, -0.05) is 127 Å². The quantitative estimate of drug-likeness (QED) is 0.169. The molecule has 0 saturated heterocycles. The molecule has 266 valence electrons. The summed E-state index contributed by atoms with van der Waals surface area (Å²) in [4.78, 5) is 25.2. The molecule has 0 radical (unpaired) electrons. The molecule has 0 bridgehead atoms. The van der Waals surface area contributed by atoms with Gasteiger partial charge in [0.25, 0.3) is 0 Å². The van der Waals surface area contributed by atoms with E-state index in [0.717, 1.165) is 79.1 Å². The van der Waals surface area contributed by atoms with E-state index in [1.807, 2.05) is 84.9 Å². The summed E-state index contributed by atoms with van der Waals surface area (Å²) in [6, 6.07) is 43.1. The van der Waals surface area contributed by atoms with E-state index >= 15 is 0 Å². The van der Waals surface area contributed by atoms with E-state index in [0.29, 0.717) is 23.1 Å². The normalized spacial score (nSPS) is 18.1. The fourth-order valence-corrected chi connectivity index (χ4v) is 8.10. The number of hydrogen-bond donors (Lipinski definition) is 0. The van der Waals surface area contributed by atoms with Crippen molar-refractivity contribution in [2.45, 2.75) is 24.4 Å². The number of ether oxygens (including phenoxy) is 1. The number of fused-ring (bicyclic) bond motifs is 6. The van der Waals surface area contributed by atoms with E-state index in [-0.39, 0.29) is 17.9 Å². The molecule has 0 N–H and O–H groups in total. The maximum absolute atomic E-state index is 6.60. The Kier molecular flexibility index (Phi) is 7.62. The van der Waals surface area contributed by atoms with Crippen molar-refractivity contribution in [3.63, 3.8) is 0 Å². The van der Waals surface area contributed by atoms with Crippen molar-refractivity contribution >= 4 is 27.6 Å². The highest BCUT2D eigenvalue weighted by molar-refractivity contribution is 6.06. The molecule has 0 saturated carbocycles. The molecule has 8 aromatic rings. The number of allylic oxidation sites excluding steroid dienone is 6. The van der Waals surface area contributed by atoms with Crippen LogP contribution < -0.4 is 4.74 Å². The average Bonchev–Trinajstić information content (AvgIpc) is 3.85. The van der Waals surface area contributed by atoms with Crippen LogP contribution in [-0.2, 0) is 0 Å². The fourth-order valence-electron chi connectivity index (χ4n) is 8.10. The molecule has 3 aliphatic rings. The molecule has 3 aromatic heterocycles. The number of furan rings is 1. The minimum Gasteiger partial charge on any atom is -0.485 e. The van der Waals surface area contributed by atoms with Crippen LogP contribution in [0.3, 0.4) is 0 Å². The van der Waals surface area contributed by atoms with Gasteiger partial charge in [0.05, 0.1) is 5.92 Å². The van der Waals surface area contributed by atoms with Crippen LogP contribution in [0.4, 0.5) is 0 Å². The first kappa shape index (κ1) is 32.2. The topological polar surface area (TPSA) is 86.8 Å². The standard InChI is InChI=1S/C49H33N5O2/c1-4-14-30(15-5-1)46-50-43(45-44(51-46)37-22-10-11-24-39(37)56-45)34-21-12-20-33(28-34)36-23-13-25-41-42(36)38-29-35(26-27-40(38)55-41)49-53-47(31-16-6-2-7-17-31)52-48(54-49)32-18-8-3-9-19-32/h1-14,16-30,41-42H,15H2. The molecule has 4 heterocycles. The number of benzene rings is 5. The van der Waals surface area contributed by atoms with Gasteiger partial charge in [0, 0.05) is 39.1 Å². The Morgan fingerprint density at radius 2 is 1.27 bits per heavy atom. The van der Waals surface area contributed by atoms with Gasteiger partial charge < -0.3 is 9.15 Å². The van der Waals surface area contributed by atoms with Crippen LogP contribution in [0.5, 0.6) is 5.75 Å². The number of rotatable bonds is 6. The van der Waals surface area contributed by atoms with Crippen LogP contribution >= 0.6 is 0 Å². The van der Waals surface area contributed by atoms with E-state index in [9.17, 15) is 0 Å². The van der Waals surface area contributed by atoms with Gasteiger partial charge in [0.2, 0.25) is 0 Å². The molecular formula is C49H33N5O2. The van der Waals surface area contributed by atoms with Gasteiger partial charge in [-0.15, -0.1) is 0 Å². The van der Waals surface area contributed by atoms with Crippen molar-refractivity contribution in [3.05, 3.63) is 187 Å². The minimum atomic E-state index is -0.152. The van der Waals surface area contributed by atoms with E-state index in [1.54, 1.807) is 0 Å². The zero-order chi connectivity index (χ0) is 37.0. The lowest BCUT2D eigenvalue weighted by Gasteiger charge is -2.23. The van der Waals surface area contributed by atoms with Crippen molar-refractivity contribution in [1.29, 1.82) is 0 Å². The summed E-state index contributed by atoms with van der Waals surface area (Å²) in [5.74, 6) is 3.57. The SMILES string of the molecule is C1=CCC(c2nc(-c3cccc(C4=CC=CC5Oc6ccc(-c7nc(-c8ccccc8)nc(-c8ccccc8)n7)cc6C45)c3)c3oc4ccccc4c3n2)C=C1. The van der Waals surface area contributed by atoms with E-state index < -0.39 is 0 Å². The van der Waals surface area contributed by atoms with Crippen molar-refractivity contribution < 1.29 is 9.15 Å². The van der Waals surface area contributed by atoms with Gasteiger partial charge in [-0.05, 0) is 60.0 Å². The zero-order valence-electron chi connectivity index (χ0n) is 30.2. The van der Waals surface area contributed by atoms with Crippen molar-refractivity contribution in [1.82, 2.24) is 24.9 Å². The molecule has 7 heteroatoms. The summed E-state index contributed by atoms with van der Waals surface area (Å²) in [7, 11) is 0. The molecule has 2 aliphatic carbocycles. The maximum Gasteiger partial charge on any atom is 0.180 e. The molecule has 5 aromatic carbocycles. The second-order valence-electron chi connectivity index (χ2n) is 14.3. The maximum atomic E-state index is 6.60. The highest BCUT2D eigenvalue weighted by atomic mass is 16.5. The van der Waals surface area contributed by atoms with Crippen LogP contribution in [0.1, 0.15) is 35.2 Å². The first-order valence-corrected chi connectivity index (χ1v) is 18.9. The molecule has 11 rings (SSSR count). The summed E-state index contributed by atoms with van der Waals surface area (Å²) in [5.41, 5.74) is 10.2. The third-order valence-electron chi connectivity index (χ3n) is 10.8. The Labute approximate surface area is 323 Å². The molecular weight excluding hydrogens is 691 g/mol. The van der Waals surface area contributed by atoms with E-state index in [1.165, 1.54) is 0 Å². The Morgan fingerprint density at radius 3 is 2.04 bits per heavy atom. The van der Waals surface area contributed by atoms with Crippen molar-refractivity contribution in [2.24, 2.45) is 0 Å². The van der Waals surface area contributed by atoms with Gasteiger partial charge in [0.15, 0.2) is 23.1 Å². The lowest BCUT2D eigenvalue weighted by molar-refractivity contribution is 0.271. The van der Waals surface area contributed by atoms with Crippen molar-refractivity contribution in [3.8, 4) is 51.2 Å². The first-order chi connectivity index (χ1) is 27.7. The third-order valence-corrected chi connectivity index (χ3v) is 10.8. The van der Waals surface area contributed by atoms with E-state index in [2.05, 4.69) is 85.0 Å². The summed E-state index contributed by atoms with van der Waals surface area (Å²) in [6.07, 6.45) is 15.7. The number of nitrogens with zero attached hydrogens (tertiary/aromatic N) is 5. The van der Waals surface area contributed by atoms with Crippen LogP contribution in [0.15, 0.2) is 174 Å². The molecule has 0 amide bonds. The summed E-state index contributed by atoms with van der Waals surface area (Å²) >= 11 is 0. The second kappa shape index (κ2) is 13.2. The van der Waals surface area contributed by atoms with Crippen LogP contribution in [0.2, 0.25) is 0 Å². The van der Waals surface area contributed by atoms with Gasteiger partial charge in [-0.25, -0.2) is 24.9 Å². The molecule has 3 unspecified atom stereocenters. The largest absolute Gasteiger partial charge is 0.485 e. The predicted octanol–water partition coefficient (Wildman–Crippen LogP) is 11.3. The lowest BCUT2D eigenvalue weighted by atomic mass is 9.80. The monoisotopic (exact) mass is 723 g/mol. The molecule has 0 spiro atoms. The second-order valence-corrected chi connectivity index (χ2v) is 14.3. The predicted molar refractivity (Wildman–Crippen MR) is 221 cm³/mol.